The van der Waals surface area contributed by atoms with Crippen LogP contribution < -0.4 is 5.73 Å². The summed E-state index contributed by atoms with van der Waals surface area (Å²) in [5.74, 6) is 0. The fraction of sp³-hybridized carbons (Fsp3) is 0.167. The van der Waals surface area contributed by atoms with Gasteiger partial charge in [0.15, 0.2) is 0 Å². The van der Waals surface area contributed by atoms with Crippen molar-refractivity contribution in [3.63, 3.8) is 0 Å². The predicted octanol–water partition coefficient (Wildman–Crippen LogP) is 4.41. The Morgan fingerprint density at radius 3 is 2.50 bits per heavy atom. The highest BCUT2D eigenvalue weighted by Crippen LogP contribution is 2.30. The zero-order chi connectivity index (χ0) is 11.7. The largest absolute Gasteiger partial charge is 0.320 e. The number of aryl methyl sites for hydroxylation is 1. The van der Waals surface area contributed by atoms with Crippen LogP contribution in [0.3, 0.4) is 0 Å². The lowest BCUT2D eigenvalue weighted by atomic mass is 10.0. The smallest absolute Gasteiger partial charge is 0.0931 e. The molecule has 1 nitrogen and oxygen atoms in total. The van der Waals surface area contributed by atoms with Gasteiger partial charge in [-0.05, 0) is 36.2 Å². The molecule has 0 aliphatic carbocycles. The van der Waals surface area contributed by atoms with Crippen molar-refractivity contribution in [1.29, 1.82) is 0 Å². The maximum atomic E-state index is 6.16. The maximum Gasteiger partial charge on any atom is 0.0931 e. The van der Waals surface area contributed by atoms with Crippen LogP contribution in [0.25, 0.3) is 0 Å². The fourth-order valence-electron chi connectivity index (χ4n) is 1.52. The predicted molar refractivity (Wildman–Crippen MR) is 71.5 cm³/mol. The van der Waals surface area contributed by atoms with E-state index in [4.69, 9.17) is 28.9 Å². The average Bonchev–Trinajstić information content (AvgIpc) is 2.68. The molecule has 2 rings (SSSR count). The van der Waals surface area contributed by atoms with Crippen LogP contribution in [-0.2, 0) is 0 Å². The zero-order valence-electron chi connectivity index (χ0n) is 8.71. The van der Waals surface area contributed by atoms with E-state index in [-0.39, 0.29) is 6.04 Å². The van der Waals surface area contributed by atoms with Gasteiger partial charge in [0.1, 0.15) is 0 Å². The maximum absolute atomic E-state index is 6.16. The Kier molecular flexibility index (Phi) is 3.55. The number of benzene rings is 1. The van der Waals surface area contributed by atoms with Crippen molar-refractivity contribution in [2.75, 3.05) is 0 Å². The van der Waals surface area contributed by atoms with Crippen LogP contribution in [0.5, 0.6) is 0 Å². The molecule has 2 aromatic rings. The normalized spacial score (nSPS) is 12.8. The summed E-state index contributed by atoms with van der Waals surface area (Å²) in [5, 5.41) is 0.764. The van der Waals surface area contributed by atoms with Crippen molar-refractivity contribution in [2.24, 2.45) is 5.73 Å². The summed E-state index contributed by atoms with van der Waals surface area (Å²) in [6.07, 6.45) is 0. The molecule has 1 heterocycles. The van der Waals surface area contributed by atoms with Gasteiger partial charge in [-0.1, -0.05) is 35.3 Å². The van der Waals surface area contributed by atoms with Crippen molar-refractivity contribution in [3.8, 4) is 0 Å². The first kappa shape index (κ1) is 11.9. The SMILES string of the molecule is Cc1cc(C(N)c2ccc(Cl)s2)ccc1Cl. The van der Waals surface area contributed by atoms with Gasteiger partial charge in [-0.25, -0.2) is 0 Å². The van der Waals surface area contributed by atoms with Crippen molar-refractivity contribution < 1.29 is 0 Å². The Labute approximate surface area is 109 Å². The van der Waals surface area contributed by atoms with E-state index in [1.54, 1.807) is 0 Å². The van der Waals surface area contributed by atoms with Crippen LogP contribution in [0, 0.1) is 6.92 Å². The molecule has 2 N–H and O–H groups in total. The molecule has 84 valence electrons. The van der Waals surface area contributed by atoms with E-state index in [1.165, 1.54) is 11.3 Å². The molecule has 1 aromatic heterocycles. The minimum Gasteiger partial charge on any atom is -0.320 e. The summed E-state index contributed by atoms with van der Waals surface area (Å²) in [6.45, 7) is 1.97. The quantitative estimate of drug-likeness (QED) is 0.860. The highest BCUT2D eigenvalue weighted by Gasteiger charge is 2.11. The van der Waals surface area contributed by atoms with E-state index in [9.17, 15) is 0 Å². The third kappa shape index (κ3) is 2.41. The first-order valence-electron chi connectivity index (χ1n) is 4.85. The molecule has 4 heteroatoms. The van der Waals surface area contributed by atoms with Crippen molar-refractivity contribution in [1.82, 2.24) is 0 Å². The van der Waals surface area contributed by atoms with Gasteiger partial charge in [0.05, 0.1) is 10.4 Å². The summed E-state index contributed by atoms with van der Waals surface area (Å²) in [5.41, 5.74) is 8.25. The molecule has 0 amide bonds. The number of nitrogens with two attached hydrogens (primary N) is 1. The highest BCUT2D eigenvalue weighted by atomic mass is 35.5. The van der Waals surface area contributed by atoms with E-state index in [0.29, 0.717) is 0 Å². The lowest BCUT2D eigenvalue weighted by Gasteiger charge is -2.11. The van der Waals surface area contributed by atoms with Crippen LogP contribution in [0.2, 0.25) is 9.36 Å². The van der Waals surface area contributed by atoms with E-state index < -0.39 is 0 Å². The van der Waals surface area contributed by atoms with Crippen LogP contribution in [0.15, 0.2) is 30.3 Å². The molecule has 0 aliphatic rings. The third-order valence-corrected chi connectivity index (χ3v) is 4.18. The molecule has 0 saturated carbocycles. The standard InChI is InChI=1S/C12H11Cl2NS/c1-7-6-8(2-3-9(7)13)12(15)10-4-5-11(14)16-10/h2-6,12H,15H2,1H3. The molecule has 0 fully saturated rings. The second-order valence-corrected chi connectivity index (χ2v) is 5.78. The summed E-state index contributed by atoms with van der Waals surface area (Å²) >= 11 is 13.4. The van der Waals surface area contributed by atoms with E-state index in [1.807, 2.05) is 37.3 Å². The van der Waals surface area contributed by atoms with Crippen molar-refractivity contribution in [2.45, 2.75) is 13.0 Å². The molecule has 0 bridgehead atoms. The van der Waals surface area contributed by atoms with Gasteiger partial charge < -0.3 is 5.73 Å². The minimum absolute atomic E-state index is 0.131. The van der Waals surface area contributed by atoms with Gasteiger partial charge in [-0.2, -0.15) is 0 Å². The molecule has 1 atom stereocenters. The topological polar surface area (TPSA) is 26.0 Å². The Morgan fingerprint density at radius 1 is 1.19 bits per heavy atom. The fourth-order valence-corrected chi connectivity index (χ4v) is 2.73. The van der Waals surface area contributed by atoms with Gasteiger partial charge in [-0.3, -0.25) is 0 Å². The van der Waals surface area contributed by atoms with Crippen molar-refractivity contribution in [3.05, 3.63) is 55.7 Å². The summed E-state index contributed by atoms with van der Waals surface area (Å²) in [7, 11) is 0. The number of thiophene rings is 1. The average molecular weight is 272 g/mol. The highest BCUT2D eigenvalue weighted by molar-refractivity contribution is 7.16. The van der Waals surface area contributed by atoms with Gasteiger partial charge >= 0.3 is 0 Å². The van der Waals surface area contributed by atoms with Gasteiger partial charge in [0.25, 0.3) is 0 Å². The van der Waals surface area contributed by atoms with Crippen LogP contribution in [0.4, 0.5) is 0 Å². The number of hydrogen-bond donors (Lipinski definition) is 1. The van der Waals surface area contributed by atoms with Gasteiger partial charge in [0, 0.05) is 9.90 Å². The molecular weight excluding hydrogens is 261 g/mol. The molecular formula is C12H11Cl2NS. The lowest BCUT2D eigenvalue weighted by molar-refractivity contribution is 0.891. The van der Waals surface area contributed by atoms with Gasteiger partial charge in [-0.15, -0.1) is 11.3 Å². The van der Waals surface area contributed by atoms with E-state index in [0.717, 1.165) is 25.4 Å². The van der Waals surface area contributed by atoms with Gasteiger partial charge in [0.2, 0.25) is 0 Å². The second kappa shape index (κ2) is 4.76. The molecule has 1 unspecified atom stereocenters. The number of hydrogen-bond acceptors (Lipinski definition) is 2. The zero-order valence-corrected chi connectivity index (χ0v) is 11.0. The van der Waals surface area contributed by atoms with Crippen LogP contribution in [-0.4, -0.2) is 0 Å². The first-order chi connectivity index (χ1) is 7.58. The third-order valence-electron chi connectivity index (χ3n) is 2.44. The Hall–Kier alpha value is -0.540. The first-order valence-corrected chi connectivity index (χ1v) is 6.42. The van der Waals surface area contributed by atoms with Crippen molar-refractivity contribution >= 4 is 34.5 Å². The summed E-state index contributed by atoms with van der Waals surface area (Å²) < 4.78 is 0.760. The summed E-state index contributed by atoms with van der Waals surface area (Å²) in [6, 6.07) is 9.54. The Morgan fingerprint density at radius 2 is 1.94 bits per heavy atom. The summed E-state index contributed by atoms with van der Waals surface area (Å²) in [4.78, 5) is 1.06. The van der Waals surface area contributed by atoms with E-state index in [2.05, 4.69) is 0 Å². The van der Waals surface area contributed by atoms with Crippen LogP contribution >= 0.6 is 34.5 Å². The van der Waals surface area contributed by atoms with E-state index >= 15 is 0 Å². The molecule has 0 radical (unpaired) electrons. The number of halogens is 2. The second-order valence-electron chi connectivity index (χ2n) is 3.63. The monoisotopic (exact) mass is 271 g/mol. The molecule has 16 heavy (non-hydrogen) atoms. The van der Waals surface area contributed by atoms with Crippen LogP contribution in [0.1, 0.15) is 22.0 Å². The Balaban J connectivity index is 2.33. The lowest BCUT2D eigenvalue weighted by Crippen LogP contribution is -2.10. The molecule has 0 saturated heterocycles. The molecule has 1 aromatic carbocycles. The Bertz CT molecular complexity index is 507. The molecule has 0 spiro atoms. The minimum atomic E-state index is -0.131. The molecule has 0 aliphatic heterocycles. The number of rotatable bonds is 2.